The maximum absolute atomic E-state index is 5.40. The molecule has 1 aliphatic heterocycles. The van der Waals surface area contributed by atoms with Crippen molar-refractivity contribution in [3.05, 3.63) is 36.9 Å². The van der Waals surface area contributed by atoms with Gasteiger partial charge in [-0.15, -0.1) is 6.58 Å². The minimum absolute atomic E-state index is 0.592. The zero-order chi connectivity index (χ0) is 14.7. The van der Waals surface area contributed by atoms with Crippen molar-refractivity contribution in [2.45, 2.75) is 12.8 Å². The molecule has 0 aliphatic carbocycles. The first kappa shape index (κ1) is 13.7. The van der Waals surface area contributed by atoms with E-state index >= 15 is 0 Å². The first-order chi connectivity index (χ1) is 10.3. The number of aromatic nitrogens is 2. The van der Waals surface area contributed by atoms with Gasteiger partial charge in [-0.1, -0.05) is 23.4 Å². The normalized spacial score (nSPS) is 16.0. The van der Waals surface area contributed by atoms with Crippen molar-refractivity contribution in [1.29, 1.82) is 0 Å². The van der Waals surface area contributed by atoms with Crippen molar-refractivity contribution in [1.82, 2.24) is 10.1 Å². The highest BCUT2D eigenvalue weighted by atomic mass is 16.5. The van der Waals surface area contributed by atoms with Gasteiger partial charge in [0.25, 0.3) is 0 Å². The van der Waals surface area contributed by atoms with Crippen LogP contribution in [0.25, 0.3) is 11.4 Å². The molecule has 1 fully saturated rings. The Hall–Kier alpha value is -2.30. The van der Waals surface area contributed by atoms with Crippen molar-refractivity contribution in [3.63, 3.8) is 0 Å². The third kappa shape index (κ3) is 2.91. The molecule has 0 radical (unpaired) electrons. The van der Waals surface area contributed by atoms with Crippen LogP contribution >= 0.6 is 0 Å². The lowest BCUT2D eigenvalue weighted by Crippen LogP contribution is -2.33. The SMILES string of the molecule is C=CC1CCN(c2nc(-c3cccc(OC)c3)no2)CC1. The van der Waals surface area contributed by atoms with Crippen molar-refractivity contribution in [2.24, 2.45) is 5.92 Å². The van der Waals surface area contributed by atoms with Crippen LogP contribution in [-0.4, -0.2) is 30.3 Å². The van der Waals surface area contributed by atoms with Gasteiger partial charge in [-0.05, 0) is 30.9 Å². The maximum atomic E-state index is 5.40. The van der Waals surface area contributed by atoms with E-state index in [-0.39, 0.29) is 0 Å². The highest BCUT2D eigenvalue weighted by molar-refractivity contribution is 5.58. The summed E-state index contributed by atoms with van der Waals surface area (Å²) in [5.74, 6) is 1.97. The number of rotatable bonds is 4. The second-order valence-corrected chi connectivity index (χ2v) is 5.19. The summed E-state index contributed by atoms with van der Waals surface area (Å²) in [4.78, 5) is 6.63. The van der Waals surface area contributed by atoms with Gasteiger partial charge in [0.05, 0.1) is 7.11 Å². The fourth-order valence-corrected chi connectivity index (χ4v) is 2.55. The van der Waals surface area contributed by atoms with Crippen LogP contribution in [0, 0.1) is 5.92 Å². The number of piperidine rings is 1. The number of benzene rings is 1. The third-order valence-corrected chi connectivity index (χ3v) is 3.89. The molecule has 3 rings (SSSR count). The summed E-state index contributed by atoms with van der Waals surface area (Å²) in [6.45, 7) is 5.71. The molecule has 1 aromatic heterocycles. The lowest BCUT2D eigenvalue weighted by Gasteiger charge is -2.28. The van der Waals surface area contributed by atoms with E-state index < -0.39 is 0 Å². The number of hydrogen-bond acceptors (Lipinski definition) is 5. The van der Waals surface area contributed by atoms with Crippen LogP contribution < -0.4 is 9.64 Å². The van der Waals surface area contributed by atoms with Crippen LogP contribution in [0.4, 0.5) is 6.01 Å². The fourth-order valence-electron chi connectivity index (χ4n) is 2.55. The minimum atomic E-state index is 0.592. The molecule has 0 N–H and O–H groups in total. The summed E-state index contributed by atoms with van der Waals surface area (Å²) in [5, 5.41) is 4.07. The van der Waals surface area contributed by atoms with Crippen LogP contribution in [-0.2, 0) is 0 Å². The average molecular weight is 285 g/mol. The van der Waals surface area contributed by atoms with E-state index in [0.29, 0.717) is 17.8 Å². The minimum Gasteiger partial charge on any atom is -0.497 e. The molecule has 5 heteroatoms. The van der Waals surface area contributed by atoms with Crippen LogP contribution in [0.15, 0.2) is 41.4 Å². The number of nitrogens with zero attached hydrogens (tertiary/aromatic N) is 3. The van der Waals surface area contributed by atoms with Gasteiger partial charge in [-0.3, -0.25) is 0 Å². The van der Waals surface area contributed by atoms with Crippen molar-refractivity contribution >= 4 is 6.01 Å². The molecule has 0 amide bonds. The molecule has 21 heavy (non-hydrogen) atoms. The first-order valence-corrected chi connectivity index (χ1v) is 7.16. The second-order valence-electron chi connectivity index (χ2n) is 5.19. The molecule has 0 spiro atoms. The molecule has 0 unspecified atom stereocenters. The predicted octanol–water partition coefficient (Wildman–Crippen LogP) is 3.15. The van der Waals surface area contributed by atoms with Gasteiger partial charge in [0.1, 0.15) is 5.75 Å². The Balaban J connectivity index is 1.75. The van der Waals surface area contributed by atoms with Crippen molar-refractivity contribution < 1.29 is 9.26 Å². The highest BCUT2D eigenvalue weighted by Crippen LogP contribution is 2.26. The van der Waals surface area contributed by atoms with Crippen LogP contribution in [0.1, 0.15) is 12.8 Å². The van der Waals surface area contributed by atoms with Gasteiger partial charge in [-0.25, -0.2) is 0 Å². The second kappa shape index (κ2) is 5.99. The molecule has 2 heterocycles. The summed E-state index contributed by atoms with van der Waals surface area (Å²) in [7, 11) is 1.64. The van der Waals surface area contributed by atoms with E-state index in [9.17, 15) is 0 Å². The number of ether oxygens (including phenoxy) is 1. The Morgan fingerprint density at radius 1 is 1.38 bits per heavy atom. The molecule has 1 aliphatic rings. The Bertz CT molecular complexity index is 615. The third-order valence-electron chi connectivity index (χ3n) is 3.89. The summed E-state index contributed by atoms with van der Waals surface area (Å²) in [6, 6.07) is 8.25. The van der Waals surface area contributed by atoms with Crippen molar-refractivity contribution in [3.8, 4) is 17.1 Å². The summed E-state index contributed by atoms with van der Waals surface area (Å²) in [5.41, 5.74) is 0.894. The molecule has 0 atom stereocenters. The van der Waals surface area contributed by atoms with E-state index in [1.54, 1.807) is 7.11 Å². The highest BCUT2D eigenvalue weighted by Gasteiger charge is 2.21. The molecule has 0 bridgehead atoms. The lowest BCUT2D eigenvalue weighted by atomic mass is 9.97. The van der Waals surface area contributed by atoms with Crippen molar-refractivity contribution in [2.75, 3.05) is 25.1 Å². The fraction of sp³-hybridized carbons (Fsp3) is 0.375. The summed E-state index contributed by atoms with van der Waals surface area (Å²) in [6.07, 6.45) is 4.20. The zero-order valence-electron chi connectivity index (χ0n) is 12.2. The number of anilines is 1. The maximum Gasteiger partial charge on any atom is 0.324 e. The van der Waals surface area contributed by atoms with Crippen LogP contribution in [0.5, 0.6) is 5.75 Å². The van der Waals surface area contributed by atoms with E-state index in [1.807, 2.05) is 30.3 Å². The number of hydrogen-bond donors (Lipinski definition) is 0. The van der Waals surface area contributed by atoms with Gasteiger partial charge in [-0.2, -0.15) is 4.98 Å². The first-order valence-electron chi connectivity index (χ1n) is 7.16. The van der Waals surface area contributed by atoms with E-state index in [1.165, 1.54) is 0 Å². The molecular weight excluding hydrogens is 266 g/mol. The lowest BCUT2D eigenvalue weighted by molar-refractivity contribution is 0.388. The summed E-state index contributed by atoms with van der Waals surface area (Å²) >= 11 is 0. The zero-order valence-corrected chi connectivity index (χ0v) is 12.2. The topological polar surface area (TPSA) is 51.4 Å². The molecule has 1 aromatic carbocycles. The Morgan fingerprint density at radius 2 is 2.19 bits per heavy atom. The average Bonchev–Trinajstić information content (AvgIpc) is 3.05. The quantitative estimate of drug-likeness (QED) is 0.808. The standard InChI is InChI=1S/C16H19N3O2/c1-3-12-7-9-19(10-8-12)16-17-15(18-21-16)13-5-4-6-14(11-13)20-2/h3-6,11-12H,1,7-10H2,2H3. The van der Waals surface area contributed by atoms with Crippen LogP contribution in [0.3, 0.4) is 0 Å². The summed E-state index contributed by atoms with van der Waals surface area (Å²) < 4.78 is 10.6. The van der Waals surface area contributed by atoms with Gasteiger partial charge in [0.15, 0.2) is 0 Å². The van der Waals surface area contributed by atoms with E-state index in [2.05, 4.69) is 21.6 Å². The van der Waals surface area contributed by atoms with Crippen LogP contribution in [0.2, 0.25) is 0 Å². The molecule has 2 aromatic rings. The Kier molecular flexibility index (Phi) is 3.90. The van der Waals surface area contributed by atoms with Gasteiger partial charge in [0, 0.05) is 18.7 Å². The number of methoxy groups -OCH3 is 1. The Labute approximate surface area is 124 Å². The Morgan fingerprint density at radius 3 is 2.90 bits per heavy atom. The van der Waals surface area contributed by atoms with Gasteiger partial charge in [0.2, 0.25) is 5.82 Å². The molecule has 110 valence electrons. The predicted molar refractivity (Wildman–Crippen MR) is 81.4 cm³/mol. The molecule has 0 saturated carbocycles. The smallest absolute Gasteiger partial charge is 0.324 e. The van der Waals surface area contributed by atoms with Gasteiger partial charge < -0.3 is 14.2 Å². The largest absolute Gasteiger partial charge is 0.497 e. The monoisotopic (exact) mass is 285 g/mol. The molecule has 5 nitrogen and oxygen atoms in total. The molecule has 1 saturated heterocycles. The van der Waals surface area contributed by atoms with Gasteiger partial charge >= 0.3 is 6.01 Å². The molecular formula is C16H19N3O2. The number of allylic oxidation sites excluding steroid dienone is 1. The van der Waals surface area contributed by atoms with E-state index in [4.69, 9.17) is 9.26 Å². The van der Waals surface area contributed by atoms with E-state index in [0.717, 1.165) is 37.2 Å².